The average molecular weight is 348 g/mol. The highest BCUT2D eigenvalue weighted by Gasteiger charge is 2.36. The zero-order valence-electron chi connectivity index (χ0n) is 14.2. The lowest BCUT2D eigenvalue weighted by Crippen LogP contribution is -2.53. The summed E-state index contributed by atoms with van der Waals surface area (Å²) in [5.74, 6) is -2.40. The molecule has 0 spiro atoms. The minimum atomic E-state index is -1.02. The van der Waals surface area contributed by atoms with Gasteiger partial charge < -0.3 is 15.1 Å². The Kier molecular flexibility index (Phi) is 6.52. The number of carboxylic acids is 2. The molecule has 3 atom stereocenters. The van der Waals surface area contributed by atoms with E-state index in [1.807, 2.05) is 30.3 Å². The van der Waals surface area contributed by atoms with Crippen molar-refractivity contribution in [3.8, 4) is 0 Å². The lowest BCUT2D eigenvalue weighted by molar-refractivity contribution is -0.149. The van der Waals surface area contributed by atoms with Crippen molar-refractivity contribution >= 4 is 17.8 Å². The highest BCUT2D eigenvalue weighted by Crippen LogP contribution is 2.18. The molecular weight excluding hydrogens is 324 g/mol. The van der Waals surface area contributed by atoms with E-state index in [2.05, 4.69) is 5.32 Å². The van der Waals surface area contributed by atoms with Crippen molar-refractivity contribution in [2.75, 3.05) is 6.54 Å². The number of aryl methyl sites for hydroxylation is 1. The molecule has 136 valence electrons. The molecule has 25 heavy (non-hydrogen) atoms. The van der Waals surface area contributed by atoms with Crippen LogP contribution in [0.5, 0.6) is 0 Å². The second kappa shape index (κ2) is 8.62. The summed E-state index contributed by atoms with van der Waals surface area (Å²) in [4.78, 5) is 36.5. The fourth-order valence-electron chi connectivity index (χ4n) is 3.14. The van der Waals surface area contributed by atoms with Gasteiger partial charge in [0, 0.05) is 6.54 Å². The van der Waals surface area contributed by atoms with Gasteiger partial charge in [-0.1, -0.05) is 30.3 Å². The summed E-state index contributed by atoms with van der Waals surface area (Å²) in [5.41, 5.74) is 1.03. The maximum atomic E-state index is 12.5. The molecule has 2 rings (SSSR count). The van der Waals surface area contributed by atoms with E-state index in [-0.39, 0.29) is 5.91 Å². The Balaban J connectivity index is 1.95. The lowest BCUT2D eigenvalue weighted by atomic mass is 10.0. The van der Waals surface area contributed by atoms with Crippen LogP contribution in [0.4, 0.5) is 0 Å². The monoisotopic (exact) mass is 348 g/mol. The number of amides is 1. The van der Waals surface area contributed by atoms with Gasteiger partial charge in [0.25, 0.3) is 0 Å². The van der Waals surface area contributed by atoms with Crippen LogP contribution in [0.3, 0.4) is 0 Å². The van der Waals surface area contributed by atoms with E-state index in [1.54, 1.807) is 6.92 Å². The second-order valence-corrected chi connectivity index (χ2v) is 6.33. The normalized spacial score (nSPS) is 19.4. The van der Waals surface area contributed by atoms with E-state index in [4.69, 9.17) is 0 Å². The number of carbonyl (C=O) groups is 3. The number of nitrogens with one attached hydrogen (secondary N) is 1. The number of hydrogen-bond donors (Lipinski definition) is 3. The second-order valence-electron chi connectivity index (χ2n) is 6.33. The van der Waals surface area contributed by atoms with Gasteiger partial charge in [-0.25, -0.2) is 4.79 Å². The van der Waals surface area contributed by atoms with E-state index >= 15 is 0 Å². The molecule has 1 saturated heterocycles. The van der Waals surface area contributed by atoms with E-state index in [0.29, 0.717) is 32.2 Å². The van der Waals surface area contributed by atoms with Gasteiger partial charge >= 0.3 is 11.9 Å². The molecule has 7 heteroatoms. The first kappa shape index (κ1) is 18.9. The van der Waals surface area contributed by atoms with Crippen LogP contribution in [-0.2, 0) is 20.8 Å². The van der Waals surface area contributed by atoms with Crippen LogP contribution in [0.15, 0.2) is 30.3 Å². The summed E-state index contributed by atoms with van der Waals surface area (Å²) in [6, 6.07) is 7.09. The summed E-state index contributed by atoms with van der Waals surface area (Å²) in [6.45, 7) is 1.97. The number of benzene rings is 1. The average Bonchev–Trinajstić information content (AvgIpc) is 3.08. The Labute approximate surface area is 146 Å². The minimum Gasteiger partial charge on any atom is -0.480 e. The molecule has 0 bridgehead atoms. The first-order valence-corrected chi connectivity index (χ1v) is 8.46. The van der Waals surface area contributed by atoms with Crippen LogP contribution in [0, 0.1) is 0 Å². The molecule has 1 aromatic carbocycles. The van der Waals surface area contributed by atoms with Gasteiger partial charge in [0.1, 0.15) is 12.1 Å². The predicted octanol–water partition coefficient (Wildman–Crippen LogP) is 1.13. The zero-order valence-corrected chi connectivity index (χ0v) is 14.2. The van der Waals surface area contributed by atoms with Gasteiger partial charge in [0.2, 0.25) is 5.91 Å². The van der Waals surface area contributed by atoms with E-state index in [0.717, 1.165) is 5.56 Å². The number of likely N-dealkylation sites (tertiary alicyclic amines) is 1. The van der Waals surface area contributed by atoms with Gasteiger partial charge in [-0.3, -0.25) is 14.9 Å². The van der Waals surface area contributed by atoms with E-state index < -0.39 is 30.1 Å². The smallest absolute Gasteiger partial charge is 0.326 e. The summed E-state index contributed by atoms with van der Waals surface area (Å²) in [6.07, 6.45) is 2.00. The first-order chi connectivity index (χ1) is 11.9. The van der Waals surface area contributed by atoms with Crippen LogP contribution in [0.2, 0.25) is 0 Å². The molecule has 1 aromatic rings. The fraction of sp³-hybridized carbons (Fsp3) is 0.500. The van der Waals surface area contributed by atoms with Crippen molar-refractivity contribution in [3.05, 3.63) is 35.9 Å². The zero-order chi connectivity index (χ0) is 18.4. The van der Waals surface area contributed by atoms with Crippen molar-refractivity contribution in [2.24, 2.45) is 0 Å². The molecule has 0 unspecified atom stereocenters. The number of carboxylic acid groups (broad SMARTS) is 2. The molecule has 1 aliphatic rings. The fourth-order valence-corrected chi connectivity index (χ4v) is 3.14. The summed E-state index contributed by atoms with van der Waals surface area (Å²) >= 11 is 0. The Morgan fingerprint density at radius 2 is 1.92 bits per heavy atom. The van der Waals surface area contributed by atoms with Gasteiger partial charge in [-0.05, 0) is 38.2 Å². The third-order valence-corrected chi connectivity index (χ3v) is 4.51. The minimum absolute atomic E-state index is 0.347. The molecule has 3 N–H and O–H groups in total. The summed E-state index contributed by atoms with van der Waals surface area (Å²) in [7, 11) is 0. The predicted molar refractivity (Wildman–Crippen MR) is 91.2 cm³/mol. The topological polar surface area (TPSA) is 107 Å². The molecule has 1 fully saturated rings. The van der Waals surface area contributed by atoms with Gasteiger partial charge in [-0.15, -0.1) is 0 Å². The molecular formula is C18H24N2O5. The molecule has 0 aliphatic carbocycles. The molecule has 0 aromatic heterocycles. The standard InChI is InChI=1S/C18H24N2O5/c1-12(16(21)20-11-5-8-15(20)18(24)25)19-14(17(22)23)10-9-13-6-3-2-4-7-13/h2-4,6-7,12,14-15,19H,5,8-11H2,1H3,(H,22,23)(H,24,25)/t12-,14+,15-/m0/s1. The van der Waals surface area contributed by atoms with Crippen molar-refractivity contribution in [3.63, 3.8) is 0 Å². The highest BCUT2D eigenvalue weighted by molar-refractivity contribution is 5.88. The Bertz CT molecular complexity index is 619. The molecule has 1 heterocycles. The summed E-state index contributed by atoms with van der Waals surface area (Å²) in [5, 5.41) is 21.4. The third-order valence-electron chi connectivity index (χ3n) is 4.51. The Hall–Kier alpha value is -2.41. The lowest BCUT2D eigenvalue weighted by Gasteiger charge is -2.27. The molecule has 7 nitrogen and oxygen atoms in total. The maximum absolute atomic E-state index is 12.5. The molecule has 0 saturated carbocycles. The highest BCUT2D eigenvalue weighted by atomic mass is 16.4. The number of hydrogen-bond acceptors (Lipinski definition) is 4. The quantitative estimate of drug-likeness (QED) is 0.650. The number of carbonyl (C=O) groups excluding carboxylic acids is 1. The van der Waals surface area contributed by atoms with Crippen molar-refractivity contribution in [1.29, 1.82) is 0 Å². The van der Waals surface area contributed by atoms with Crippen LogP contribution < -0.4 is 5.32 Å². The molecule has 0 radical (unpaired) electrons. The van der Waals surface area contributed by atoms with Crippen LogP contribution >= 0.6 is 0 Å². The Morgan fingerprint density at radius 3 is 2.52 bits per heavy atom. The Morgan fingerprint density at radius 1 is 1.24 bits per heavy atom. The van der Waals surface area contributed by atoms with Gasteiger partial charge in [0.05, 0.1) is 6.04 Å². The maximum Gasteiger partial charge on any atom is 0.326 e. The van der Waals surface area contributed by atoms with Crippen molar-refractivity contribution in [2.45, 2.75) is 50.7 Å². The number of aliphatic carboxylic acids is 2. The van der Waals surface area contributed by atoms with Crippen molar-refractivity contribution < 1.29 is 24.6 Å². The summed E-state index contributed by atoms with van der Waals surface area (Å²) < 4.78 is 0. The van der Waals surface area contributed by atoms with Gasteiger partial charge in [0.15, 0.2) is 0 Å². The van der Waals surface area contributed by atoms with Gasteiger partial charge in [-0.2, -0.15) is 0 Å². The third kappa shape index (κ3) is 5.03. The number of nitrogens with zero attached hydrogens (tertiary/aromatic N) is 1. The van der Waals surface area contributed by atoms with E-state index in [9.17, 15) is 24.6 Å². The van der Waals surface area contributed by atoms with Crippen LogP contribution in [0.25, 0.3) is 0 Å². The van der Waals surface area contributed by atoms with Crippen LogP contribution in [-0.4, -0.2) is 57.6 Å². The van der Waals surface area contributed by atoms with Crippen LogP contribution in [0.1, 0.15) is 31.7 Å². The van der Waals surface area contributed by atoms with Crippen molar-refractivity contribution in [1.82, 2.24) is 10.2 Å². The van der Waals surface area contributed by atoms with E-state index in [1.165, 1.54) is 4.90 Å². The molecule has 1 aliphatic heterocycles. The number of rotatable bonds is 8. The first-order valence-electron chi connectivity index (χ1n) is 8.46. The SMILES string of the molecule is C[C@H](N[C@H](CCc1ccccc1)C(=O)O)C(=O)N1CCC[C@H]1C(=O)O. The molecule has 1 amide bonds. The largest absolute Gasteiger partial charge is 0.480 e.